The molecule has 9 nitrogen and oxygen atoms in total. The first-order valence-electron chi connectivity index (χ1n) is 29.1. The molecule has 0 saturated carbocycles. The summed E-state index contributed by atoms with van der Waals surface area (Å²) in [5.74, 6) is -0.837. The quantitative estimate of drug-likeness (QED) is 0.0211. The highest BCUT2D eigenvalue weighted by Gasteiger charge is 2.27. The Bertz CT molecular complexity index is 1600. The summed E-state index contributed by atoms with van der Waals surface area (Å²) in [5.41, 5.74) is 0. The van der Waals surface area contributed by atoms with Crippen molar-refractivity contribution < 1.29 is 42.1 Å². The summed E-state index contributed by atoms with van der Waals surface area (Å²) in [6.45, 7) is 4.28. The summed E-state index contributed by atoms with van der Waals surface area (Å²) < 4.78 is 34.5. The van der Waals surface area contributed by atoms with Gasteiger partial charge in [-0.2, -0.15) is 0 Å². The maximum absolute atomic E-state index is 12.8. The molecule has 0 spiro atoms. The number of likely N-dealkylation sites (N-methyl/N-ethyl adjacent to an activating group) is 1. The molecule has 0 aromatic heterocycles. The molecular weight excluding hydrogens is 930 g/mol. The molecule has 0 aromatic rings. The molecule has 73 heavy (non-hydrogen) atoms. The first-order chi connectivity index (χ1) is 35.5. The van der Waals surface area contributed by atoms with Crippen LogP contribution in [0.15, 0.2) is 109 Å². The molecule has 0 aliphatic heterocycles. The average Bonchev–Trinajstić information content (AvgIpc) is 3.35. The molecule has 0 fully saturated rings. The van der Waals surface area contributed by atoms with Crippen LogP contribution in [0.25, 0.3) is 0 Å². The van der Waals surface area contributed by atoms with E-state index in [0.29, 0.717) is 17.4 Å². The second-order valence-electron chi connectivity index (χ2n) is 20.3. The Morgan fingerprint density at radius 2 is 0.781 bits per heavy atom. The van der Waals surface area contributed by atoms with Crippen LogP contribution in [0, 0.1) is 0 Å². The minimum atomic E-state index is -4.40. The van der Waals surface area contributed by atoms with Gasteiger partial charge in [-0.15, -0.1) is 0 Å². The van der Waals surface area contributed by atoms with E-state index < -0.39 is 26.5 Å². The van der Waals surface area contributed by atoms with E-state index in [9.17, 15) is 19.0 Å². The lowest BCUT2D eigenvalue weighted by atomic mass is 10.0. The van der Waals surface area contributed by atoms with Gasteiger partial charge >= 0.3 is 19.8 Å². The zero-order valence-corrected chi connectivity index (χ0v) is 48.2. The molecule has 10 heteroatoms. The lowest BCUT2D eigenvalue weighted by Gasteiger charge is -2.24. The van der Waals surface area contributed by atoms with Crippen LogP contribution in [0.5, 0.6) is 0 Å². The number of carbonyl (C=O) groups excluding carboxylic acids is 2. The molecule has 0 aliphatic carbocycles. The van der Waals surface area contributed by atoms with Gasteiger partial charge in [-0.3, -0.25) is 18.6 Å². The Labute approximate surface area is 448 Å². The lowest BCUT2D eigenvalue weighted by Crippen LogP contribution is -2.37. The summed E-state index contributed by atoms with van der Waals surface area (Å²) in [7, 11) is 1.44. The number of phosphoric ester groups is 1. The number of phosphoric acid groups is 1. The fraction of sp³-hybridized carbons (Fsp3) is 0.683. The Kier molecular flexibility index (Phi) is 51.1. The van der Waals surface area contributed by atoms with Crippen LogP contribution in [0.1, 0.15) is 226 Å². The van der Waals surface area contributed by atoms with Gasteiger partial charge in [-0.05, 0) is 83.5 Å². The zero-order chi connectivity index (χ0) is 53.5. The number of hydrogen-bond acceptors (Lipinski definition) is 7. The molecule has 0 bridgehead atoms. The minimum Gasteiger partial charge on any atom is -0.462 e. The van der Waals surface area contributed by atoms with Crippen molar-refractivity contribution in [2.45, 2.75) is 232 Å². The van der Waals surface area contributed by atoms with Crippen LogP contribution >= 0.6 is 7.82 Å². The van der Waals surface area contributed by atoms with Crippen LogP contribution in [-0.2, 0) is 32.7 Å². The van der Waals surface area contributed by atoms with E-state index in [0.717, 1.165) is 96.3 Å². The van der Waals surface area contributed by atoms with Crippen LogP contribution in [0.2, 0.25) is 0 Å². The molecule has 2 unspecified atom stereocenters. The third kappa shape index (κ3) is 57.8. The molecule has 2 atom stereocenters. The molecule has 0 aliphatic rings. The number of unbranched alkanes of at least 4 members (excludes halogenated alkanes) is 20. The Morgan fingerprint density at radius 3 is 1.16 bits per heavy atom. The second-order valence-corrected chi connectivity index (χ2v) is 21.8. The largest absolute Gasteiger partial charge is 0.472 e. The number of allylic oxidation sites excluding steroid dienone is 18. The van der Waals surface area contributed by atoms with Gasteiger partial charge in [-0.1, -0.05) is 239 Å². The Hall–Kier alpha value is -3.33. The monoisotopic (exact) mass is 1040 g/mol. The third-order valence-corrected chi connectivity index (χ3v) is 13.1. The molecular formula is C63H109NO8P+. The van der Waals surface area contributed by atoms with E-state index in [4.69, 9.17) is 18.5 Å². The fourth-order valence-corrected chi connectivity index (χ4v) is 8.34. The van der Waals surface area contributed by atoms with Gasteiger partial charge in [0.05, 0.1) is 27.7 Å². The van der Waals surface area contributed by atoms with Crippen LogP contribution in [0.3, 0.4) is 0 Å². The number of rotatable bonds is 52. The van der Waals surface area contributed by atoms with Gasteiger partial charge in [-0.25, -0.2) is 4.57 Å². The predicted octanol–water partition coefficient (Wildman–Crippen LogP) is 18.2. The summed E-state index contributed by atoms with van der Waals surface area (Å²) in [4.78, 5) is 35.7. The molecule has 418 valence electrons. The number of carbonyl (C=O) groups is 2. The Morgan fingerprint density at radius 1 is 0.438 bits per heavy atom. The van der Waals surface area contributed by atoms with Crippen molar-refractivity contribution in [3.8, 4) is 0 Å². The second kappa shape index (κ2) is 53.5. The van der Waals surface area contributed by atoms with Gasteiger partial charge < -0.3 is 18.9 Å². The molecule has 1 N–H and O–H groups in total. The van der Waals surface area contributed by atoms with Gasteiger partial charge in [0.15, 0.2) is 6.10 Å². The maximum atomic E-state index is 12.8. The third-order valence-electron chi connectivity index (χ3n) is 12.1. The first kappa shape index (κ1) is 69.7. The smallest absolute Gasteiger partial charge is 0.462 e. The van der Waals surface area contributed by atoms with E-state index in [1.807, 2.05) is 21.1 Å². The summed E-state index contributed by atoms with van der Waals surface area (Å²) >= 11 is 0. The highest BCUT2D eigenvalue weighted by atomic mass is 31.2. The normalized spacial score (nSPS) is 14.1. The van der Waals surface area contributed by atoms with Crippen molar-refractivity contribution in [1.82, 2.24) is 0 Å². The van der Waals surface area contributed by atoms with Crippen molar-refractivity contribution in [1.29, 1.82) is 0 Å². The lowest BCUT2D eigenvalue weighted by molar-refractivity contribution is -0.870. The average molecular weight is 1040 g/mol. The molecule has 0 saturated heterocycles. The van der Waals surface area contributed by atoms with Gasteiger partial charge in [0.25, 0.3) is 0 Å². The van der Waals surface area contributed by atoms with E-state index in [-0.39, 0.29) is 32.0 Å². The standard InChI is InChI=1S/C63H108NO8P/c1-6-8-10-12-14-16-18-20-22-24-26-27-28-29-30-31-32-33-34-35-36-37-38-40-42-44-46-48-50-52-54-56-63(66)72-61(60-71-73(67,68)70-58-57-64(3,4)5)59-69-62(65)55-53-51-49-47-45-43-41-39-25-23-21-19-17-15-13-11-9-7-2/h8,10,14,16,20,22,26-27,29-30,32-33,35-36,38,40,44,46,61H,6-7,9,11-13,15,17-19,21,23-25,28,31,34,37,39,41-43,45,47-60H2,1-5H3/p+1/b10-8-,16-14-,22-20-,27-26-,30-29-,33-32-,36-35-,40-38-,46-44-. The Balaban J connectivity index is 4.28. The minimum absolute atomic E-state index is 0.0203. The van der Waals surface area contributed by atoms with Crippen molar-refractivity contribution in [3.63, 3.8) is 0 Å². The van der Waals surface area contributed by atoms with Crippen LogP contribution in [0.4, 0.5) is 0 Å². The predicted molar refractivity (Wildman–Crippen MR) is 311 cm³/mol. The molecule has 0 rings (SSSR count). The van der Waals surface area contributed by atoms with Crippen molar-refractivity contribution >= 4 is 19.8 Å². The highest BCUT2D eigenvalue weighted by molar-refractivity contribution is 7.47. The van der Waals surface area contributed by atoms with Crippen molar-refractivity contribution in [3.05, 3.63) is 109 Å². The van der Waals surface area contributed by atoms with E-state index in [1.54, 1.807) is 0 Å². The molecule has 0 aromatic carbocycles. The number of esters is 2. The molecule has 0 heterocycles. The topological polar surface area (TPSA) is 108 Å². The van der Waals surface area contributed by atoms with Gasteiger partial charge in [0.2, 0.25) is 0 Å². The number of hydrogen-bond donors (Lipinski definition) is 1. The highest BCUT2D eigenvalue weighted by Crippen LogP contribution is 2.43. The zero-order valence-electron chi connectivity index (χ0n) is 47.3. The van der Waals surface area contributed by atoms with Crippen molar-refractivity contribution in [2.24, 2.45) is 0 Å². The maximum Gasteiger partial charge on any atom is 0.472 e. The summed E-state index contributed by atoms with van der Waals surface area (Å²) in [5, 5.41) is 0. The molecule has 0 radical (unpaired) electrons. The van der Waals surface area contributed by atoms with E-state index >= 15 is 0 Å². The number of ether oxygens (including phenoxy) is 2. The summed E-state index contributed by atoms with van der Waals surface area (Å²) in [6.07, 6.45) is 74.4. The van der Waals surface area contributed by atoms with Crippen LogP contribution < -0.4 is 0 Å². The van der Waals surface area contributed by atoms with Crippen molar-refractivity contribution in [2.75, 3.05) is 47.5 Å². The van der Waals surface area contributed by atoms with Crippen LogP contribution in [-0.4, -0.2) is 74.9 Å². The first-order valence-corrected chi connectivity index (χ1v) is 30.6. The SMILES string of the molecule is CC/C=C\C/C=C\C/C=C\C/C=C\C/C=C\C/C=C\C/C=C\C/C=C\C/C=C\CCCCCC(=O)OC(COC(=O)CCCCCCCCCCCCCCCCCCCC)COP(=O)(O)OCC[N+](C)(C)C. The van der Waals surface area contributed by atoms with E-state index in [2.05, 4.69) is 123 Å². The summed E-state index contributed by atoms with van der Waals surface area (Å²) in [6, 6.07) is 0. The fourth-order valence-electron chi connectivity index (χ4n) is 7.60. The molecule has 0 amide bonds. The van der Waals surface area contributed by atoms with Gasteiger partial charge in [0.1, 0.15) is 19.8 Å². The number of quaternary nitrogens is 1. The number of nitrogens with zero attached hydrogens (tertiary/aromatic N) is 1. The van der Waals surface area contributed by atoms with E-state index in [1.165, 1.54) is 96.3 Å². The van der Waals surface area contributed by atoms with Gasteiger partial charge in [0, 0.05) is 12.8 Å².